The van der Waals surface area contributed by atoms with Crippen LogP contribution in [0.4, 0.5) is 0 Å². The third kappa shape index (κ3) is 2.94. The zero-order chi connectivity index (χ0) is 13.2. The van der Waals surface area contributed by atoms with E-state index in [-0.39, 0.29) is 22.8 Å². The maximum absolute atomic E-state index is 12.1. The Morgan fingerprint density at radius 2 is 2.33 bits per heavy atom. The molecule has 0 radical (unpaired) electrons. The van der Waals surface area contributed by atoms with Crippen molar-refractivity contribution in [2.24, 2.45) is 0 Å². The van der Waals surface area contributed by atoms with Crippen LogP contribution in [0.25, 0.3) is 0 Å². The molecule has 1 aromatic rings. The quantitative estimate of drug-likeness (QED) is 0.866. The van der Waals surface area contributed by atoms with Gasteiger partial charge in [0.1, 0.15) is 5.75 Å². The van der Waals surface area contributed by atoms with Crippen molar-refractivity contribution in [1.29, 1.82) is 0 Å². The van der Waals surface area contributed by atoms with Crippen molar-refractivity contribution >= 4 is 17.5 Å². The van der Waals surface area contributed by atoms with Crippen molar-refractivity contribution in [3.05, 3.63) is 28.8 Å². The topological polar surface area (TPSA) is 58.6 Å². The van der Waals surface area contributed by atoms with Crippen LogP contribution in [-0.2, 0) is 4.74 Å². The fourth-order valence-corrected chi connectivity index (χ4v) is 2.24. The van der Waals surface area contributed by atoms with Gasteiger partial charge in [-0.1, -0.05) is 11.6 Å². The minimum absolute atomic E-state index is 0.111. The molecule has 1 aliphatic heterocycles. The van der Waals surface area contributed by atoms with Crippen molar-refractivity contribution in [3.8, 4) is 5.75 Å². The molecule has 2 rings (SSSR count). The molecule has 0 aliphatic carbocycles. The van der Waals surface area contributed by atoms with Crippen molar-refractivity contribution in [2.75, 3.05) is 13.2 Å². The first-order valence-corrected chi connectivity index (χ1v) is 6.27. The lowest BCUT2D eigenvalue weighted by Crippen LogP contribution is -2.51. The van der Waals surface area contributed by atoms with Crippen LogP contribution in [-0.4, -0.2) is 29.8 Å². The summed E-state index contributed by atoms with van der Waals surface area (Å²) in [7, 11) is 0. The van der Waals surface area contributed by atoms with Gasteiger partial charge < -0.3 is 15.2 Å². The molecule has 98 valence electrons. The molecule has 1 fully saturated rings. The van der Waals surface area contributed by atoms with Gasteiger partial charge in [0.2, 0.25) is 0 Å². The molecule has 0 saturated carbocycles. The maximum atomic E-state index is 12.1. The van der Waals surface area contributed by atoms with Gasteiger partial charge in [-0.3, -0.25) is 4.79 Å². The summed E-state index contributed by atoms with van der Waals surface area (Å²) in [5, 5.41) is 13.0. The van der Waals surface area contributed by atoms with Crippen LogP contribution < -0.4 is 5.32 Å². The van der Waals surface area contributed by atoms with Crippen LogP contribution in [0.2, 0.25) is 5.02 Å². The van der Waals surface area contributed by atoms with Crippen LogP contribution >= 0.6 is 11.6 Å². The highest BCUT2D eigenvalue weighted by Gasteiger charge is 2.30. The molecule has 5 heteroatoms. The Balaban J connectivity index is 2.11. The molecule has 0 aromatic heterocycles. The van der Waals surface area contributed by atoms with Crippen molar-refractivity contribution in [1.82, 2.24) is 5.32 Å². The Labute approximate surface area is 111 Å². The zero-order valence-corrected chi connectivity index (χ0v) is 11.0. The highest BCUT2D eigenvalue weighted by atomic mass is 35.5. The van der Waals surface area contributed by atoms with Gasteiger partial charge in [0.25, 0.3) is 5.91 Å². The first-order chi connectivity index (χ1) is 8.50. The molecule has 0 spiro atoms. The first kappa shape index (κ1) is 13.2. The summed E-state index contributed by atoms with van der Waals surface area (Å²) in [4.78, 5) is 12.1. The van der Waals surface area contributed by atoms with Crippen LogP contribution in [0.1, 0.15) is 30.1 Å². The zero-order valence-electron chi connectivity index (χ0n) is 10.2. The van der Waals surface area contributed by atoms with E-state index >= 15 is 0 Å². The number of amides is 1. The summed E-state index contributed by atoms with van der Waals surface area (Å²) in [5.74, 6) is -0.419. The first-order valence-electron chi connectivity index (χ1n) is 5.89. The van der Waals surface area contributed by atoms with Gasteiger partial charge in [-0.15, -0.1) is 0 Å². The number of aromatic hydroxyl groups is 1. The molecule has 1 unspecified atom stereocenters. The van der Waals surface area contributed by atoms with E-state index in [4.69, 9.17) is 16.3 Å². The van der Waals surface area contributed by atoms with Gasteiger partial charge >= 0.3 is 0 Å². The van der Waals surface area contributed by atoms with E-state index in [1.54, 1.807) is 6.07 Å². The monoisotopic (exact) mass is 269 g/mol. The molecule has 4 nitrogen and oxygen atoms in total. The van der Waals surface area contributed by atoms with Gasteiger partial charge in [0.05, 0.1) is 17.7 Å². The lowest BCUT2D eigenvalue weighted by Gasteiger charge is -2.34. The number of carbonyl (C=O) groups excluding carboxylic acids is 1. The van der Waals surface area contributed by atoms with E-state index in [9.17, 15) is 9.90 Å². The fraction of sp³-hybridized carbons (Fsp3) is 0.462. The SMILES string of the molecule is CC1(NC(=O)c2ccc(Cl)cc2O)CCCOC1. The van der Waals surface area contributed by atoms with Gasteiger partial charge in [-0.25, -0.2) is 0 Å². The van der Waals surface area contributed by atoms with Gasteiger partial charge in [0, 0.05) is 11.6 Å². The number of hydrogen-bond donors (Lipinski definition) is 2. The van der Waals surface area contributed by atoms with Crippen molar-refractivity contribution in [3.63, 3.8) is 0 Å². The molecular formula is C13H16ClNO3. The molecule has 1 saturated heterocycles. The molecular weight excluding hydrogens is 254 g/mol. The normalized spacial score (nSPS) is 23.7. The Morgan fingerprint density at radius 3 is 2.94 bits per heavy atom. The number of ether oxygens (including phenoxy) is 1. The minimum atomic E-state index is -0.374. The number of benzene rings is 1. The number of hydrogen-bond acceptors (Lipinski definition) is 3. The highest BCUT2D eigenvalue weighted by Crippen LogP contribution is 2.24. The second kappa shape index (κ2) is 5.16. The maximum Gasteiger partial charge on any atom is 0.255 e. The summed E-state index contributed by atoms with van der Waals surface area (Å²) in [6, 6.07) is 4.45. The Kier molecular flexibility index (Phi) is 3.78. The standard InChI is InChI=1S/C13H16ClNO3/c1-13(5-2-6-18-8-13)15-12(17)10-4-3-9(14)7-11(10)16/h3-4,7,16H,2,5-6,8H2,1H3,(H,15,17). The average molecular weight is 270 g/mol. The summed E-state index contributed by atoms with van der Waals surface area (Å²) in [6.45, 7) is 3.17. The lowest BCUT2D eigenvalue weighted by molar-refractivity contribution is 0.0272. The van der Waals surface area contributed by atoms with E-state index in [2.05, 4.69) is 5.32 Å². The molecule has 2 N–H and O–H groups in total. The molecule has 1 aromatic carbocycles. The van der Waals surface area contributed by atoms with Crippen molar-refractivity contribution in [2.45, 2.75) is 25.3 Å². The second-order valence-electron chi connectivity index (χ2n) is 4.83. The largest absolute Gasteiger partial charge is 0.507 e. The van der Waals surface area contributed by atoms with E-state index in [1.165, 1.54) is 12.1 Å². The fourth-order valence-electron chi connectivity index (χ4n) is 2.07. The van der Waals surface area contributed by atoms with Crippen LogP contribution in [0.3, 0.4) is 0 Å². The van der Waals surface area contributed by atoms with E-state index in [0.717, 1.165) is 19.4 Å². The Morgan fingerprint density at radius 1 is 1.56 bits per heavy atom. The second-order valence-corrected chi connectivity index (χ2v) is 5.27. The number of carbonyl (C=O) groups is 1. The van der Waals surface area contributed by atoms with E-state index in [1.807, 2.05) is 6.92 Å². The van der Waals surface area contributed by atoms with E-state index < -0.39 is 0 Å². The van der Waals surface area contributed by atoms with Crippen molar-refractivity contribution < 1.29 is 14.6 Å². The Bertz CT molecular complexity index is 456. The number of halogens is 1. The number of nitrogens with one attached hydrogen (secondary N) is 1. The Hall–Kier alpha value is -1.26. The molecule has 18 heavy (non-hydrogen) atoms. The van der Waals surface area contributed by atoms with Gasteiger partial charge in [-0.05, 0) is 38.0 Å². The summed E-state index contributed by atoms with van der Waals surface area (Å²) >= 11 is 5.73. The third-order valence-electron chi connectivity index (χ3n) is 3.06. The predicted molar refractivity (Wildman–Crippen MR) is 69.0 cm³/mol. The number of phenolic OH excluding ortho intramolecular Hbond substituents is 1. The third-order valence-corrected chi connectivity index (χ3v) is 3.29. The molecule has 1 aliphatic rings. The summed E-state index contributed by atoms with van der Waals surface area (Å²) < 4.78 is 5.37. The number of rotatable bonds is 2. The molecule has 1 atom stereocenters. The van der Waals surface area contributed by atoms with Crippen LogP contribution in [0.5, 0.6) is 5.75 Å². The molecule has 0 bridgehead atoms. The predicted octanol–water partition coefficient (Wildman–Crippen LogP) is 2.34. The number of phenols is 1. The van der Waals surface area contributed by atoms with Gasteiger partial charge in [0.15, 0.2) is 0 Å². The van der Waals surface area contributed by atoms with Gasteiger partial charge in [-0.2, -0.15) is 0 Å². The molecule has 1 amide bonds. The van der Waals surface area contributed by atoms with Crippen LogP contribution in [0, 0.1) is 0 Å². The minimum Gasteiger partial charge on any atom is -0.507 e. The average Bonchev–Trinajstić information content (AvgIpc) is 2.28. The molecule has 1 heterocycles. The lowest BCUT2D eigenvalue weighted by atomic mass is 9.94. The summed E-state index contributed by atoms with van der Waals surface area (Å²) in [5.41, 5.74) is -0.146. The summed E-state index contributed by atoms with van der Waals surface area (Å²) in [6.07, 6.45) is 1.79. The smallest absolute Gasteiger partial charge is 0.255 e. The highest BCUT2D eigenvalue weighted by molar-refractivity contribution is 6.30. The van der Waals surface area contributed by atoms with Crippen LogP contribution in [0.15, 0.2) is 18.2 Å². The van der Waals surface area contributed by atoms with E-state index in [0.29, 0.717) is 11.6 Å².